The van der Waals surface area contributed by atoms with Gasteiger partial charge in [-0.2, -0.15) is 0 Å². The average Bonchev–Trinajstić information content (AvgIpc) is 2.05. The molecule has 0 heterocycles. The highest BCUT2D eigenvalue weighted by molar-refractivity contribution is 4.31. The van der Waals surface area contributed by atoms with Crippen molar-refractivity contribution in [2.75, 3.05) is 13.1 Å². The molecule has 5 nitrogen and oxygen atoms in total. The van der Waals surface area contributed by atoms with Crippen LogP contribution in [0, 0.1) is 10.4 Å². The first-order chi connectivity index (χ1) is 5.54. The van der Waals surface area contributed by atoms with Gasteiger partial charge in [-0.25, -0.2) is 0 Å². The molecule has 0 saturated heterocycles. The van der Waals surface area contributed by atoms with Gasteiger partial charge in [-0.1, -0.05) is 0 Å². The Balaban J connectivity index is 4.50. The van der Waals surface area contributed by atoms with E-state index in [-0.39, 0.29) is 6.04 Å². The van der Waals surface area contributed by atoms with Crippen molar-refractivity contribution in [1.82, 2.24) is 5.01 Å². The van der Waals surface area contributed by atoms with Crippen LogP contribution < -0.4 is 0 Å². The van der Waals surface area contributed by atoms with Crippen LogP contribution >= 0.6 is 0 Å². The Morgan fingerprint density at radius 3 is 1.83 bits per heavy atom. The van der Waals surface area contributed by atoms with Gasteiger partial charge in [-0.15, -0.1) is 0 Å². The smallest absolute Gasteiger partial charge is 0.163 e. The monoisotopic (exact) mass is 175 g/mol. The molecule has 0 spiro atoms. The van der Waals surface area contributed by atoms with Gasteiger partial charge in [0.05, 0.1) is 0 Å². The fourth-order valence-electron chi connectivity index (χ4n) is 0.788. The van der Waals surface area contributed by atoms with E-state index in [0.717, 1.165) is 0 Å². The maximum Gasteiger partial charge on any atom is 0.163 e. The van der Waals surface area contributed by atoms with Gasteiger partial charge in [0.25, 0.3) is 0 Å². The van der Waals surface area contributed by atoms with Crippen molar-refractivity contribution in [3.8, 4) is 0 Å². The molecule has 0 fully saturated rings. The second-order valence-electron chi connectivity index (χ2n) is 2.79. The fraction of sp³-hybridized carbons (Fsp3) is 1.00. The molecule has 0 rings (SSSR count). The summed E-state index contributed by atoms with van der Waals surface area (Å²) < 4.78 is 0. The van der Waals surface area contributed by atoms with E-state index in [0.29, 0.717) is 22.9 Å². The van der Waals surface area contributed by atoms with E-state index >= 15 is 0 Å². The van der Waals surface area contributed by atoms with Gasteiger partial charge < -0.3 is 10.4 Å². The van der Waals surface area contributed by atoms with Crippen LogP contribution in [0.25, 0.3) is 0 Å². The summed E-state index contributed by atoms with van der Waals surface area (Å²) in [6.07, 6.45) is 0. The minimum absolute atomic E-state index is 0.317. The third-order valence-electron chi connectivity index (χ3n) is 1.58. The lowest BCUT2D eigenvalue weighted by Crippen LogP contribution is -2.38. The summed E-state index contributed by atoms with van der Waals surface area (Å²) in [6, 6.07) is -0.317. The summed E-state index contributed by atoms with van der Waals surface area (Å²) in [5.41, 5.74) is 0. The van der Waals surface area contributed by atoms with Crippen molar-refractivity contribution < 1.29 is 9.83 Å². The number of hydrogen-bond donors (Lipinski definition) is 0. The summed E-state index contributed by atoms with van der Waals surface area (Å²) in [6.45, 7) is 8.13. The fourth-order valence-corrected chi connectivity index (χ4v) is 0.788. The van der Waals surface area contributed by atoms with E-state index in [9.17, 15) is 10.4 Å². The molecule has 0 N–H and O–H groups in total. The Morgan fingerprint density at radius 1 is 1.17 bits per heavy atom. The molecule has 0 bridgehead atoms. The van der Waals surface area contributed by atoms with Crippen molar-refractivity contribution in [2.45, 2.75) is 33.7 Å². The summed E-state index contributed by atoms with van der Waals surface area (Å²) in [5.74, 6) is 0. The normalized spacial score (nSPS) is 13.1. The molecule has 0 atom stereocenters. The maximum absolute atomic E-state index is 11.2. The van der Waals surface area contributed by atoms with Gasteiger partial charge in [0.1, 0.15) is 13.1 Å². The van der Waals surface area contributed by atoms with Crippen molar-refractivity contribution in [3.05, 3.63) is 10.4 Å². The molecule has 12 heavy (non-hydrogen) atoms. The molecule has 72 valence electrons. The van der Waals surface area contributed by atoms with Gasteiger partial charge in [0.15, 0.2) is 11.0 Å². The zero-order chi connectivity index (χ0) is 9.72. The first-order valence-electron chi connectivity index (χ1n) is 4.22. The summed E-state index contributed by atoms with van der Waals surface area (Å²) >= 11 is 0. The Labute approximate surface area is 73.0 Å². The minimum atomic E-state index is -0.317. The molecule has 0 amide bonds. The quantitative estimate of drug-likeness (QED) is 0.365. The maximum atomic E-state index is 11.2. The first-order valence-corrected chi connectivity index (χ1v) is 4.22. The lowest BCUT2D eigenvalue weighted by atomic mass is 10.4. The van der Waals surface area contributed by atoms with Crippen molar-refractivity contribution >= 4 is 0 Å². The van der Waals surface area contributed by atoms with Crippen LogP contribution in [0.3, 0.4) is 0 Å². The third-order valence-corrected chi connectivity index (χ3v) is 1.58. The van der Waals surface area contributed by atoms with Crippen molar-refractivity contribution in [2.24, 2.45) is 0 Å². The number of hydrazine groups is 1. The minimum Gasteiger partial charge on any atom is -0.662 e. The standard InChI is InChI=1S/C7H17N3O2/c1-5-8(6-2)10(12)9(11)7(3)4/h7H,5-6H2,1-4H3/b10-9+. The number of hydrogen-bond acceptors (Lipinski definition) is 2. The Kier molecular flexibility index (Phi) is 4.39. The molecular weight excluding hydrogens is 158 g/mol. The van der Waals surface area contributed by atoms with Crippen LogP contribution in [-0.2, 0) is 0 Å². The second-order valence-corrected chi connectivity index (χ2v) is 2.79. The van der Waals surface area contributed by atoms with Gasteiger partial charge in [-0.3, -0.25) is 0 Å². The molecule has 0 unspecified atom stereocenters. The molecule has 0 aromatic carbocycles. The summed E-state index contributed by atoms with van der Waals surface area (Å²) in [4.78, 5) is 0.803. The molecule has 0 aliphatic carbocycles. The number of hydroxylamine groups is 1. The second kappa shape index (κ2) is 4.79. The van der Waals surface area contributed by atoms with E-state index in [2.05, 4.69) is 0 Å². The van der Waals surface area contributed by atoms with Gasteiger partial charge in [0.2, 0.25) is 0 Å². The van der Waals surface area contributed by atoms with Crippen LogP contribution in [0.2, 0.25) is 0 Å². The van der Waals surface area contributed by atoms with Gasteiger partial charge in [-0.05, 0) is 37.6 Å². The first kappa shape index (κ1) is 11.0. The SMILES string of the molecule is CCN(CC)/[N+]([O-])=[N+](\[O-])C(C)C. The van der Waals surface area contributed by atoms with Gasteiger partial charge in [0, 0.05) is 0 Å². The van der Waals surface area contributed by atoms with E-state index in [1.54, 1.807) is 13.8 Å². The lowest BCUT2D eigenvalue weighted by molar-refractivity contribution is -1.05. The molecular formula is C7H17N3O2. The predicted octanol–water partition coefficient (Wildman–Crippen LogP) is 1.12. The number of rotatable bonds is 4. The average molecular weight is 175 g/mol. The summed E-state index contributed by atoms with van der Waals surface area (Å²) in [7, 11) is 0. The highest BCUT2D eigenvalue weighted by atomic mass is 16.6. The highest BCUT2D eigenvalue weighted by Crippen LogP contribution is 1.93. The van der Waals surface area contributed by atoms with E-state index in [1.807, 2.05) is 13.8 Å². The van der Waals surface area contributed by atoms with Crippen LogP contribution in [0.1, 0.15) is 27.7 Å². The molecule has 0 aromatic heterocycles. The lowest BCUT2D eigenvalue weighted by Gasteiger charge is -2.15. The Morgan fingerprint density at radius 2 is 1.58 bits per heavy atom. The largest absolute Gasteiger partial charge is 0.662 e. The van der Waals surface area contributed by atoms with E-state index < -0.39 is 0 Å². The van der Waals surface area contributed by atoms with E-state index in [1.165, 1.54) is 5.01 Å². The molecule has 0 radical (unpaired) electrons. The van der Waals surface area contributed by atoms with Gasteiger partial charge >= 0.3 is 0 Å². The van der Waals surface area contributed by atoms with Crippen LogP contribution in [-0.4, -0.2) is 34.0 Å². The molecule has 0 aliphatic rings. The summed E-state index contributed by atoms with van der Waals surface area (Å²) in [5, 5.41) is 23.7. The topological polar surface area (TPSA) is 55.4 Å². The van der Waals surface area contributed by atoms with Crippen molar-refractivity contribution in [3.63, 3.8) is 0 Å². The van der Waals surface area contributed by atoms with E-state index in [4.69, 9.17) is 0 Å². The Bertz CT molecular complexity index is 164. The molecule has 0 aromatic rings. The van der Waals surface area contributed by atoms with Crippen LogP contribution in [0.15, 0.2) is 0 Å². The van der Waals surface area contributed by atoms with Crippen LogP contribution in [0.4, 0.5) is 0 Å². The third kappa shape index (κ3) is 2.56. The van der Waals surface area contributed by atoms with Crippen LogP contribution in [0.5, 0.6) is 0 Å². The molecule has 0 aliphatic heterocycles. The zero-order valence-electron chi connectivity index (χ0n) is 8.15. The zero-order valence-corrected chi connectivity index (χ0v) is 8.15. The predicted molar refractivity (Wildman–Crippen MR) is 45.3 cm³/mol. The molecule has 5 heteroatoms. The Hall–Kier alpha value is -1.00. The highest BCUT2D eigenvalue weighted by Gasteiger charge is 2.17. The van der Waals surface area contributed by atoms with Crippen molar-refractivity contribution in [1.29, 1.82) is 0 Å². The molecule has 0 saturated carbocycles. The number of nitrogens with zero attached hydrogens (tertiary/aromatic N) is 3.